The molecule has 0 amide bonds. The molecule has 1 heterocycles. The van der Waals surface area contributed by atoms with Crippen LogP contribution in [-0.2, 0) is 0 Å². The van der Waals surface area contributed by atoms with E-state index in [1.807, 2.05) is 12.1 Å². The summed E-state index contributed by atoms with van der Waals surface area (Å²) in [5.74, 6) is -0.205. The first-order chi connectivity index (χ1) is 11.4. The zero-order valence-electron chi connectivity index (χ0n) is 11.8. The van der Waals surface area contributed by atoms with Crippen molar-refractivity contribution >= 4 is 81.7 Å². The van der Waals surface area contributed by atoms with Crippen molar-refractivity contribution in [2.45, 2.75) is 0 Å². The molecule has 1 aromatic heterocycles. The molecule has 8 heteroatoms. The maximum atomic E-state index is 12.2. The quantitative estimate of drug-likeness (QED) is 0.333. The molecule has 0 saturated carbocycles. The minimum atomic E-state index is -0.701. The van der Waals surface area contributed by atoms with Crippen molar-refractivity contribution in [3.8, 4) is 5.75 Å². The topological polar surface area (TPSA) is 62.5 Å². The molecule has 122 valence electrons. The van der Waals surface area contributed by atoms with Gasteiger partial charge in [0.2, 0.25) is 0 Å². The lowest BCUT2D eigenvalue weighted by Crippen LogP contribution is -2.20. The molecular weight excluding hydrogens is 526 g/mol. The molecule has 0 atom stereocenters. The van der Waals surface area contributed by atoms with Crippen LogP contribution in [0.25, 0.3) is 11.0 Å². The summed E-state index contributed by atoms with van der Waals surface area (Å²) in [7, 11) is 0. The first-order valence-corrected chi connectivity index (χ1v) is 9.38. The Kier molecular flexibility index (Phi) is 5.10. The van der Waals surface area contributed by atoms with Crippen molar-refractivity contribution in [3.63, 3.8) is 0 Å². The van der Waals surface area contributed by atoms with Crippen molar-refractivity contribution in [3.05, 3.63) is 65.8 Å². The SMILES string of the molecule is O=c1oc2ccccc2c(O)c1C(=S)Nc1c(Br)cc(Br)cc1Br. The average molecular weight is 534 g/mol. The Morgan fingerprint density at radius 3 is 2.42 bits per heavy atom. The van der Waals surface area contributed by atoms with E-state index in [0.717, 1.165) is 13.4 Å². The fraction of sp³-hybridized carbons (Fsp3) is 0. The Morgan fingerprint density at radius 2 is 1.75 bits per heavy atom. The van der Waals surface area contributed by atoms with Gasteiger partial charge < -0.3 is 14.8 Å². The van der Waals surface area contributed by atoms with E-state index in [2.05, 4.69) is 53.1 Å². The Hall–Kier alpha value is -1.22. The summed E-state index contributed by atoms with van der Waals surface area (Å²) < 4.78 is 7.57. The molecule has 0 fully saturated rings. The minimum Gasteiger partial charge on any atom is -0.506 e. The van der Waals surface area contributed by atoms with Crippen molar-refractivity contribution in [2.24, 2.45) is 0 Å². The molecule has 24 heavy (non-hydrogen) atoms. The van der Waals surface area contributed by atoms with Crippen LogP contribution in [0.15, 0.2) is 59.0 Å². The molecule has 0 aliphatic carbocycles. The predicted molar refractivity (Wildman–Crippen MR) is 109 cm³/mol. The highest BCUT2D eigenvalue weighted by atomic mass is 79.9. The number of anilines is 1. The minimum absolute atomic E-state index is 0.0655. The molecule has 0 spiro atoms. The number of aromatic hydroxyl groups is 1. The van der Waals surface area contributed by atoms with Crippen LogP contribution in [0.1, 0.15) is 5.56 Å². The summed E-state index contributed by atoms with van der Waals surface area (Å²) >= 11 is 15.6. The summed E-state index contributed by atoms with van der Waals surface area (Å²) in [4.78, 5) is 12.3. The fourth-order valence-corrected chi connectivity index (χ4v) is 4.91. The number of halogens is 3. The van der Waals surface area contributed by atoms with Gasteiger partial charge >= 0.3 is 5.63 Å². The van der Waals surface area contributed by atoms with Crippen LogP contribution in [-0.4, -0.2) is 10.1 Å². The molecule has 0 aliphatic heterocycles. The monoisotopic (exact) mass is 531 g/mol. The normalized spacial score (nSPS) is 10.8. The second kappa shape index (κ2) is 6.95. The van der Waals surface area contributed by atoms with Gasteiger partial charge in [0, 0.05) is 13.4 Å². The smallest absolute Gasteiger partial charge is 0.350 e. The van der Waals surface area contributed by atoms with Gasteiger partial charge in [-0.2, -0.15) is 0 Å². The lowest BCUT2D eigenvalue weighted by molar-refractivity contribution is 0.466. The largest absolute Gasteiger partial charge is 0.506 e. The zero-order valence-corrected chi connectivity index (χ0v) is 17.3. The first-order valence-electron chi connectivity index (χ1n) is 6.59. The van der Waals surface area contributed by atoms with Gasteiger partial charge in [0.05, 0.1) is 11.1 Å². The maximum Gasteiger partial charge on any atom is 0.350 e. The zero-order chi connectivity index (χ0) is 17.4. The maximum absolute atomic E-state index is 12.2. The number of rotatable bonds is 2. The molecule has 3 aromatic rings. The van der Waals surface area contributed by atoms with E-state index in [1.165, 1.54) is 0 Å². The number of fused-ring (bicyclic) bond motifs is 1. The van der Waals surface area contributed by atoms with Crippen molar-refractivity contribution in [1.29, 1.82) is 0 Å². The Morgan fingerprint density at radius 1 is 1.12 bits per heavy atom. The van der Waals surface area contributed by atoms with E-state index in [4.69, 9.17) is 16.6 Å². The summed E-state index contributed by atoms with van der Waals surface area (Å²) in [6, 6.07) is 10.4. The molecule has 2 N–H and O–H groups in total. The predicted octanol–water partition coefficient (Wildman–Crippen LogP) is 5.57. The molecule has 0 saturated heterocycles. The molecular formula is C16H8Br3NO3S. The average Bonchev–Trinajstić information content (AvgIpc) is 2.51. The first kappa shape index (κ1) is 17.6. The van der Waals surface area contributed by atoms with Gasteiger partial charge in [-0.05, 0) is 56.1 Å². The van der Waals surface area contributed by atoms with E-state index >= 15 is 0 Å². The molecule has 2 aromatic carbocycles. The van der Waals surface area contributed by atoms with Gasteiger partial charge in [0.25, 0.3) is 0 Å². The highest BCUT2D eigenvalue weighted by molar-refractivity contribution is 9.11. The lowest BCUT2D eigenvalue weighted by atomic mass is 10.1. The van der Waals surface area contributed by atoms with Crippen LogP contribution in [0, 0.1) is 0 Å². The lowest BCUT2D eigenvalue weighted by Gasteiger charge is -2.13. The van der Waals surface area contributed by atoms with E-state index in [1.54, 1.807) is 24.3 Å². The summed E-state index contributed by atoms with van der Waals surface area (Å²) in [6.07, 6.45) is 0. The Balaban J connectivity index is 2.09. The number of benzene rings is 2. The highest BCUT2D eigenvalue weighted by Gasteiger charge is 2.19. The van der Waals surface area contributed by atoms with Gasteiger partial charge in [0.1, 0.15) is 21.9 Å². The Bertz CT molecular complexity index is 1010. The second-order valence-electron chi connectivity index (χ2n) is 4.81. The van der Waals surface area contributed by atoms with Crippen molar-refractivity contribution in [2.75, 3.05) is 5.32 Å². The number of hydrogen-bond donors (Lipinski definition) is 2. The summed E-state index contributed by atoms with van der Waals surface area (Å²) in [5.41, 5.74) is 0.159. The van der Waals surface area contributed by atoms with Gasteiger partial charge in [-0.3, -0.25) is 0 Å². The van der Waals surface area contributed by atoms with E-state index in [0.29, 0.717) is 16.7 Å². The van der Waals surface area contributed by atoms with E-state index in [-0.39, 0.29) is 16.3 Å². The van der Waals surface area contributed by atoms with E-state index < -0.39 is 5.63 Å². The van der Waals surface area contributed by atoms with Crippen LogP contribution in [0.2, 0.25) is 0 Å². The molecule has 0 radical (unpaired) electrons. The van der Waals surface area contributed by atoms with Gasteiger partial charge in [0.15, 0.2) is 0 Å². The summed E-state index contributed by atoms with van der Waals surface area (Å²) in [6.45, 7) is 0. The van der Waals surface area contributed by atoms with Crippen LogP contribution in [0.4, 0.5) is 5.69 Å². The number of hydrogen-bond acceptors (Lipinski definition) is 4. The van der Waals surface area contributed by atoms with Crippen LogP contribution in [0.3, 0.4) is 0 Å². The van der Waals surface area contributed by atoms with Crippen molar-refractivity contribution < 1.29 is 9.52 Å². The third kappa shape index (κ3) is 3.28. The van der Waals surface area contributed by atoms with Gasteiger partial charge in [-0.25, -0.2) is 4.79 Å². The standard InChI is InChI=1S/C16H8Br3NO3S/c17-7-5-9(18)13(10(19)6-7)20-15(24)12-14(21)8-3-1-2-4-11(8)23-16(12)22/h1-6,21H,(H,20,24). The molecule has 4 nitrogen and oxygen atoms in total. The van der Waals surface area contributed by atoms with Gasteiger partial charge in [-0.15, -0.1) is 0 Å². The number of thiocarbonyl (C=S) groups is 1. The Labute approximate surface area is 167 Å². The summed E-state index contributed by atoms with van der Waals surface area (Å²) in [5, 5.41) is 13.8. The van der Waals surface area contributed by atoms with Crippen LogP contribution >= 0.6 is 60.0 Å². The molecule has 0 bridgehead atoms. The number of para-hydroxylation sites is 1. The van der Waals surface area contributed by atoms with Crippen molar-refractivity contribution in [1.82, 2.24) is 0 Å². The number of nitrogens with one attached hydrogen (secondary N) is 1. The van der Waals surface area contributed by atoms with Crippen LogP contribution < -0.4 is 10.9 Å². The van der Waals surface area contributed by atoms with Gasteiger partial charge in [-0.1, -0.05) is 40.3 Å². The van der Waals surface area contributed by atoms with E-state index in [9.17, 15) is 9.90 Å². The highest BCUT2D eigenvalue weighted by Crippen LogP contribution is 2.35. The molecule has 3 rings (SSSR count). The third-order valence-corrected chi connectivity index (χ3v) is 5.27. The third-order valence-electron chi connectivity index (χ3n) is 3.26. The molecule has 0 aliphatic rings. The molecule has 0 unspecified atom stereocenters. The second-order valence-corrected chi connectivity index (χ2v) is 7.84. The fourth-order valence-electron chi connectivity index (χ4n) is 2.17. The van der Waals surface area contributed by atoms with Crippen LogP contribution in [0.5, 0.6) is 5.75 Å².